The third-order valence-electron chi connectivity index (χ3n) is 3.62. The number of nitrogens with one attached hydrogen (secondary N) is 1. The standard InChI is InChI=1S/C16H18N4O5S/c1-4-5-9(2)14-18-19-16(26-14)17-13(21)10-6-11(15(22)25-3)8-12(7-10)20(23)24/h6-9H,4-5H2,1-3H3,(H,17,19,21)/t9-/m1/s1. The van der Waals surface area contributed by atoms with Gasteiger partial charge in [-0.25, -0.2) is 4.79 Å². The van der Waals surface area contributed by atoms with Gasteiger partial charge in [0, 0.05) is 23.6 Å². The number of non-ortho nitro benzene ring substituents is 1. The summed E-state index contributed by atoms with van der Waals surface area (Å²) >= 11 is 1.25. The molecule has 0 bridgehead atoms. The first-order chi connectivity index (χ1) is 12.3. The minimum Gasteiger partial charge on any atom is -0.465 e. The normalized spacial score (nSPS) is 11.7. The van der Waals surface area contributed by atoms with E-state index in [4.69, 9.17) is 0 Å². The average molecular weight is 378 g/mol. The Bertz CT molecular complexity index is 836. The van der Waals surface area contributed by atoms with Crippen LogP contribution < -0.4 is 5.32 Å². The van der Waals surface area contributed by atoms with Crippen molar-refractivity contribution < 1.29 is 19.2 Å². The molecule has 0 fully saturated rings. The molecule has 0 aliphatic rings. The predicted molar refractivity (Wildman–Crippen MR) is 95.6 cm³/mol. The number of esters is 1. The van der Waals surface area contributed by atoms with Crippen molar-refractivity contribution in [2.24, 2.45) is 0 Å². The molecule has 0 spiro atoms. The van der Waals surface area contributed by atoms with Gasteiger partial charge in [-0.05, 0) is 12.5 Å². The van der Waals surface area contributed by atoms with Crippen LogP contribution in [-0.2, 0) is 4.74 Å². The quantitative estimate of drug-likeness (QED) is 0.445. The van der Waals surface area contributed by atoms with Crippen LogP contribution in [0.3, 0.4) is 0 Å². The van der Waals surface area contributed by atoms with Crippen LogP contribution in [0.5, 0.6) is 0 Å². The Labute approximate surface area is 153 Å². The fraction of sp³-hybridized carbons (Fsp3) is 0.375. The van der Waals surface area contributed by atoms with E-state index in [0.29, 0.717) is 5.13 Å². The van der Waals surface area contributed by atoms with Gasteiger partial charge in [0.05, 0.1) is 17.6 Å². The van der Waals surface area contributed by atoms with Crippen LogP contribution in [0.1, 0.15) is 58.3 Å². The fourth-order valence-corrected chi connectivity index (χ4v) is 3.12. The van der Waals surface area contributed by atoms with Crippen molar-refractivity contribution in [1.82, 2.24) is 10.2 Å². The lowest BCUT2D eigenvalue weighted by Crippen LogP contribution is -2.14. The number of nitro groups is 1. The molecule has 2 aromatic rings. The second kappa shape index (κ2) is 8.48. The van der Waals surface area contributed by atoms with Gasteiger partial charge in [-0.3, -0.25) is 20.2 Å². The van der Waals surface area contributed by atoms with Gasteiger partial charge >= 0.3 is 5.97 Å². The molecule has 0 saturated carbocycles. The number of ether oxygens (including phenoxy) is 1. The van der Waals surface area contributed by atoms with Crippen molar-refractivity contribution in [2.75, 3.05) is 12.4 Å². The molecule has 2 rings (SSSR count). The van der Waals surface area contributed by atoms with Crippen molar-refractivity contribution in [1.29, 1.82) is 0 Å². The van der Waals surface area contributed by atoms with E-state index in [0.717, 1.165) is 37.1 Å². The van der Waals surface area contributed by atoms with Gasteiger partial charge in [-0.1, -0.05) is 31.6 Å². The van der Waals surface area contributed by atoms with Crippen LogP contribution in [0, 0.1) is 10.1 Å². The molecule has 1 atom stereocenters. The summed E-state index contributed by atoms with van der Waals surface area (Å²) in [6, 6.07) is 3.37. The van der Waals surface area contributed by atoms with E-state index >= 15 is 0 Å². The van der Waals surface area contributed by atoms with E-state index in [9.17, 15) is 19.7 Å². The highest BCUT2D eigenvalue weighted by Crippen LogP contribution is 2.27. The van der Waals surface area contributed by atoms with Crippen LogP contribution in [0.15, 0.2) is 18.2 Å². The molecule has 1 N–H and O–H groups in total. The summed E-state index contributed by atoms with van der Waals surface area (Å²) in [5, 5.41) is 22.7. The van der Waals surface area contributed by atoms with Crippen molar-refractivity contribution in [3.05, 3.63) is 44.4 Å². The maximum atomic E-state index is 12.4. The van der Waals surface area contributed by atoms with Crippen LogP contribution in [0.2, 0.25) is 0 Å². The number of hydrogen-bond acceptors (Lipinski definition) is 8. The lowest BCUT2D eigenvalue weighted by atomic mass is 10.1. The summed E-state index contributed by atoms with van der Waals surface area (Å²) in [7, 11) is 1.15. The van der Waals surface area contributed by atoms with Crippen molar-refractivity contribution in [3.63, 3.8) is 0 Å². The highest BCUT2D eigenvalue weighted by atomic mass is 32.1. The van der Waals surface area contributed by atoms with Gasteiger partial charge in [0.1, 0.15) is 5.01 Å². The number of anilines is 1. The van der Waals surface area contributed by atoms with E-state index in [1.807, 2.05) is 6.92 Å². The van der Waals surface area contributed by atoms with Gasteiger partial charge in [-0.15, -0.1) is 10.2 Å². The van der Waals surface area contributed by atoms with Crippen LogP contribution in [0.25, 0.3) is 0 Å². The largest absolute Gasteiger partial charge is 0.465 e. The molecule has 0 unspecified atom stereocenters. The molecule has 26 heavy (non-hydrogen) atoms. The molecule has 1 heterocycles. The summed E-state index contributed by atoms with van der Waals surface area (Å²) in [5.41, 5.74) is -0.508. The second-order valence-corrected chi connectivity index (χ2v) is 6.62. The first kappa shape index (κ1) is 19.4. The molecule has 1 amide bonds. The number of amides is 1. The molecule has 0 aliphatic carbocycles. The number of carbonyl (C=O) groups excluding carboxylic acids is 2. The van der Waals surface area contributed by atoms with E-state index in [1.165, 1.54) is 17.4 Å². The van der Waals surface area contributed by atoms with Crippen molar-refractivity contribution in [2.45, 2.75) is 32.6 Å². The third-order valence-corrected chi connectivity index (χ3v) is 4.69. The Kier molecular flexibility index (Phi) is 6.34. The molecule has 0 saturated heterocycles. The summed E-state index contributed by atoms with van der Waals surface area (Å²) in [6.07, 6.45) is 1.96. The Morgan fingerprint density at radius 1 is 1.31 bits per heavy atom. The van der Waals surface area contributed by atoms with Gasteiger partial charge in [0.2, 0.25) is 5.13 Å². The van der Waals surface area contributed by atoms with Gasteiger partial charge < -0.3 is 4.74 Å². The predicted octanol–water partition coefficient (Wildman–Crippen LogP) is 3.39. The topological polar surface area (TPSA) is 124 Å². The smallest absolute Gasteiger partial charge is 0.338 e. The Hall–Kier alpha value is -2.88. The molecule has 1 aromatic carbocycles. The molecule has 9 nitrogen and oxygen atoms in total. The minimum absolute atomic E-state index is 0.0436. The molecule has 0 aliphatic heterocycles. The highest BCUT2D eigenvalue weighted by molar-refractivity contribution is 7.15. The summed E-state index contributed by atoms with van der Waals surface area (Å²) in [4.78, 5) is 34.4. The van der Waals surface area contributed by atoms with Crippen LogP contribution in [-0.4, -0.2) is 34.1 Å². The van der Waals surface area contributed by atoms with E-state index < -0.39 is 16.8 Å². The maximum Gasteiger partial charge on any atom is 0.338 e. The molecular weight excluding hydrogens is 360 g/mol. The highest BCUT2D eigenvalue weighted by Gasteiger charge is 2.20. The number of aromatic nitrogens is 2. The summed E-state index contributed by atoms with van der Waals surface area (Å²) in [6.45, 7) is 4.10. The van der Waals surface area contributed by atoms with Crippen LogP contribution in [0.4, 0.5) is 10.8 Å². The third kappa shape index (κ3) is 4.60. The first-order valence-electron chi connectivity index (χ1n) is 7.88. The lowest BCUT2D eigenvalue weighted by molar-refractivity contribution is -0.384. The van der Waals surface area contributed by atoms with Gasteiger partial charge in [0.15, 0.2) is 0 Å². The zero-order valence-electron chi connectivity index (χ0n) is 14.5. The van der Waals surface area contributed by atoms with Crippen molar-refractivity contribution in [3.8, 4) is 0 Å². The van der Waals surface area contributed by atoms with Gasteiger partial charge in [-0.2, -0.15) is 0 Å². The van der Waals surface area contributed by atoms with E-state index in [1.54, 1.807) is 0 Å². The summed E-state index contributed by atoms with van der Waals surface area (Å²) < 4.78 is 4.56. The van der Waals surface area contributed by atoms with E-state index in [2.05, 4.69) is 27.2 Å². The average Bonchev–Trinajstić information content (AvgIpc) is 3.09. The van der Waals surface area contributed by atoms with Crippen molar-refractivity contribution >= 4 is 34.0 Å². The molecule has 138 valence electrons. The minimum atomic E-state index is -0.769. The zero-order valence-corrected chi connectivity index (χ0v) is 15.3. The maximum absolute atomic E-state index is 12.4. The van der Waals surface area contributed by atoms with E-state index in [-0.39, 0.29) is 22.7 Å². The number of nitro benzene ring substituents is 1. The number of hydrogen-bond donors (Lipinski definition) is 1. The Morgan fingerprint density at radius 2 is 2.00 bits per heavy atom. The Morgan fingerprint density at radius 3 is 2.62 bits per heavy atom. The first-order valence-corrected chi connectivity index (χ1v) is 8.69. The lowest BCUT2D eigenvalue weighted by Gasteiger charge is -2.05. The molecule has 1 aromatic heterocycles. The van der Waals surface area contributed by atoms with Gasteiger partial charge in [0.25, 0.3) is 11.6 Å². The Balaban J connectivity index is 2.25. The number of methoxy groups -OCH3 is 1. The fourth-order valence-electron chi connectivity index (χ4n) is 2.29. The SMILES string of the molecule is CCC[C@@H](C)c1nnc(NC(=O)c2cc(C(=O)OC)cc([N+](=O)[O-])c2)s1. The molecule has 10 heteroatoms. The number of nitrogens with zero attached hydrogens (tertiary/aromatic N) is 3. The second-order valence-electron chi connectivity index (χ2n) is 5.61. The number of benzene rings is 1. The summed E-state index contributed by atoms with van der Waals surface area (Å²) in [5.74, 6) is -1.16. The monoisotopic (exact) mass is 378 g/mol. The molecular formula is C16H18N4O5S. The molecule has 0 radical (unpaired) electrons. The van der Waals surface area contributed by atoms with Crippen LogP contribution >= 0.6 is 11.3 Å². The zero-order chi connectivity index (χ0) is 19.3. The number of rotatable bonds is 7. The number of carbonyl (C=O) groups is 2.